The highest BCUT2D eigenvalue weighted by molar-refractivity contribution is 5.74. The number of nitrogens with one attached hydrogen (secondary N) is 1. The van der Waals surface area contributed by atoms with E-state index in [0.717, 1.165) is 0 Å². The van der Waals surface area contributed by atoms with Crippen molar-refractivity contribution in [2.45, 2.75) is 6.42 Å². The fourth-order valence-electron chi connectivity index (χ4n) is 0.710. The molecular weight excluding hydrogens is 156 g/mol. The summed E-state index contributed by atoms with van der Waals surface area (Å²) in [5, 5.41) is 10.3. The number of anilines is 1. The molecule has 1 aromatic heterocycles. The normalized spacial score (nSPS) is 9.33. The third kappa shape index (κ3) is 2.96. The van der Waals surface area contributed by atoms with Crippen LogP contribution >= 0.6 is 0 Å². The molecule has 1 rings (SSSR count). The lowest BCUT2D eigenvalue weighted by molar-refractivity contribution is -0.117. The standard InChI is InChI=1S/C7H10N4O/c8-6(12)3-5-9-7-2-1-4-10-11-7/h1-2,4H,3,5H2,(H2,8,12)(H,9,11). The van der Waals surface area contributed by atoms with Gasteiger partial charge in [-0.3, -0.25) is 4.79 Å². The third-order valence-electron chi connectivity index (χ3n) is 1.25. The summed E-state index contributed by atoms with van der Waals surface area (Å²) in [7, 11) is 0. The number of nitrogens with two attached hydrogens (primary N) is 1. The van der Waals surface area contributed by atoms with Gasteiger partial charge in [0.2, 0.25) is 5.91 Å². The Hall–Kier alpha value is -1.65. The van der Waals surface area contributed by atoms with Crippen molar-refractivity contribution in [2.75, 3.05) is 11.9 Å². The van der Waals surface area contributed by atoms with Crippen LogP contribution in [0, 0.1) is 0 Å². The van der Waals surface area contributed by atoms with Gasteiger partial charge in [-0.05, 0) is 12.1 Å². The van der Waals surface area contributed by atoms with Crippen LogP contribution in [0.15, 0.2) is 18.3 Å². The number of carbonyl (C=O) groups is 1. The molecule has 0 radical (unpaired) electrons. The molecule has 5 heteroatoms. The molecule has 0 spiro atoms. The molecule has 0 aliphatic rings. The average molecular weight is 166 g/mol. The minimum Gasteiger partial charge on any atom is -0.370 e. The number of hydrogen-bond donors (Lipinski definition) is 2. The Morgan fingerprint density at radius 1 is 1.67 bits per heavy atom. The lowest BCUT2D eigenvalue weighted by atomic mass is 10.4. The Labute approximate surface area is 70.0 Å². The van der Waals surface area contributed by atoms with Crippen molar-refractivity contribution in [1.82, 2.24) is 10.2 Å². The molecule has 0 unspecified atom stereocenters. The first-order valence-corrected chi connectivity index (χ1v) is 3.59. The van der Waals surface area contributed by atoms with Crippen LogP contribution in [0.4, 0.5) is 5.82 Å². The van der Waals surface area contributed by atoms with E-state index in [1.54, 1.807) is 18.3 Å². The molecule has 0 saturated carbocycles. The first-order valence-electron chi connectivity index (χ1n) is 3.59. The summed E-state index contributed by atoms with van der Waals surface area (Å²) in [4.78, 5) is 10.3. The summed E-state index contributed by atoms with van der Waals surface area (Å²) in [6.45, 7) is 0.494. The topological polar surface area (TPSA) is 80.9 Å². The molecule has 1 aromatic rings. The fraction of sp³-hybridized carbons (Fsp3) is 0.286. The smallest absolute Gasteiger partial charge is 0.219 e. The molecule has 1 heterocycles. The number of hydrogen-bond acceptors (Lipinski definition) is 4. The first-order chi connectivity index (χ1) is 5.79. The molecule has 3 N–H and O–H groups in total. The summed E-state index contributed by atoms with van der Waals surface area (Å²) in [6.07, 6.45) is 1.88. The van der Waals surface area contributed by atoms with Gasteiger partial charge >= 0.3 is 0 Å². The number of rotatable bonds is 4. The quantitative estimate of drug-likeness (QED) is 0.647. The van der Waals surface area contributed by atoms with E-state index >= 15 is 0 Å². The van der Waals surface area contributed by atoms with Crippen LogP contribution < -0.4 is 11.1 Å². The van der Waals surface area contributed by atoms with Crippen molar-refractivity contribution in [3.8, 4) is 0 Å². The van der Waals surface area contributed by atoms with Crippen molar-refractivity contribution in [1.29, 1.82) is 0 Å². The van der Waals surface area contributed by atoms with Crippen molar-refractivity contribution in [3.05, 3.63) is 18.3 Å². The molecule has 0 bridgehead atoms. The van der Waals surface area contributed by atoms with Crippen molar-refractivity contribution in [2.24, 2.45) is 5.73 Å². The molecular formula is C7H10N4O. The van der Waals surface area contributed by atoms with Gasteiger partial charge in [-0.15, -0.1) is 5.10 Å². The highest BCUT2D eigenvalue weighted by atomic mass is 16.1. The Morgan fingerprint density at radius 3 is 3.08 bits per heavy atom. The lowest BCUT2D eigenvalue weighted by Gasteiger charge is -2.00. The van der Waals surface area contributed by atoms with E-state index in [9.17, 15) is 4.79 Å². The minimum absolute atomic E-state index is 0.302. The summed E-state index contributed by atoms with van der Waals surface area (Å²) < 4.78 is 0. The van der Waals surface area contributed by atoms with Crippen molar-refractivity contribution < 1.29 is 4.79 Å². The van der Waals surface area contributed by atoms with Gasteiger partial charge < -0.3 is 11.1 Å². The molecule has 0 saturated heterocycles. The molecule has 0 atom stereocenters. The van der Waals surface area contributed by atoms with E-state index < -0.39 is 0 Å². The second-order valence-corrected chi connectivity index (χ2v) is 2.25. The third-order valence-corrected chi connectivity index (χ3v) is 1.25. The van der Waals surface area contributed by atoms with Gasteiger partial charge in [-0.25, -0.2) is 0 Å². The van der Waals surface area contributed by atoms with Gasteiger partial charge in [0.05, 0.1) is 0 Å². The summed E-state index contributed by atoms with van der Waals surface area (Å²) in [5.74, 6) is 0.324. The van der Waals surface area contributed by atoms with Crippen LogP contribution in [0.25, 0.3) is 0 Å². The highest BCUT2D eigenvalue weighted by Crippen LogP contribution is 1.96. The van der Waals surface area contributed by atoms with Gasteiger partial charge in [0.1, 0.15) is 5.82 Å². The summed E-state index contributed by atoms with van der Waals surface area (Å²) >= 11 is 0. The predicted octanol–water partition coefficient (Wildman–Crippen LogP) is -0.236. The number of amides is 1. The van der Waals surface area contributed by atoms with Crippen LogP contribution in [0.5, 0.6) is 0 Å². The molecule has 12 heavy (non-hydrogen) atoms. The zero-order chi connectivity index (χ0) is 8.81. The van der Waals surface area contributed by atoms with Gasteiger partial charge in [0.25, 0.3) is 0 Å². The van der Waals surface area contributed by atoms with E-state index in [2.05, 4.69) is 15.5 Å². The average Bonchev–Trinajstić information content (AvgIpc) is 2.05. The van der Waals surface area contributed by atoms with Crippen LogP contribution in [0.1, 0.15) is 6.42 Å². The molecule has 5 nitrogen and oxygen atoms in total. The maximum absolute atomic E-state index is 10.3. The van der Waals surface area contributed by atoms with Gasteiger partial charge in [0, 0.05) is 19.2 Å². The maximum atomic E-state index is 10.3. The zero-order valence-electron chi connectivity index (χ0n) is 6.53. The van der Waals surface area contributed by atoms with Gasteiger partial charge in [0.15, 0.2) is 0 Å². The van der Waals surface area contributed by atoms with Crippen LogP contribution in [0.3, 0.4) is 0 Å². The van der Waals surface area contributed by atoms with Crippen LogP contribution in [-0.4, -0.2) is 22.6 Å². The zero-order valence-corrected chi connectivity index (χ0v) is 6.53. The number of carbonyl (C=O) groups excluding carboxylic acids is 1. The Morgan fingerprint density at radius 2 is 2.50 bits per heavy atom. The Kier molecular flexibility index (Phi) is 3.01. The minimum atomic E-state index is -0.327. The lowest BCUT2D eigenvalue weighted by Crippen LogP contribution is -2.16. The second kappa shape index (κ2) is 4.27. The predicted molar refractivity (Wildman–Crippen MR) is 44.3 cm³/mol. The van der Waals surface area contributed by atoms with Crippen molar-refractivity contribution in [3.63, 3.8) is 0 Å². The van der Waals surface area contributed by atoms with E-state index in [1.165, 1.54) is 0 Å². The van der Waals surface area contributed by atoms with Gasteiger partial charge in [-0.1, -0.05) is 0 Å². The first kappa shape index (κ1) is 8.45. The molecule has 0 aromatic carbocycles. The summed E-state index contributed by atoms with van der Waals surface area (Å²) in [5.41, 5.74) is 4.94. The monoisotopic (exact) mass is 166 g/mol. The number of primary amides is 1. The molecule has 0 aliphatic carbocycles. The fourth-order valence-corrected chi connectivity index (χ4v) is 0.710. The Bertz CT molecular complexity index is 249. The van der Waals surface area contributed by atoms with E-state index in [0.29, 0.717) is 18.8 Å². The number of aromatic nitrogens is 2. The highest BCUT2D eigenvalue weighted by Gasteiger charge is 1.94. The van der Waals surface area contributed by atoms with Crippen molar-refractivity contribution >= 4 is 11.7 Å². The molecule has 1 amide bonds. The summed E-state index contributed by atoms with van der Waals surface area (Å²) in [6, 6.07) is 3.54. The SMILES string of the molecule is NC(=O)CCNc1cccnn1. The molecule has 0 aliphatic heterocycles. The van der Waals surface area contributed by atoms with E-state index in [4.69, 9.17) is 5.73 Å². The maximum Gasteiger partial charge on any atom is 0.219 e. The van der Waals surface area contributed by atoms with E-state index in [1.807, 2.05) is 0 Å². The molecule has 0 fully saturated rings. The van der Waals surface area contributed by atoms with Crippen LogP contribution in [-0.2, 0) is 4.79 Å². The second-order valence-electron chi connectivity index (χ2n) is 2.25. The Balaban J connectivity index is 2.29. The van der Waals surface area contributed by atoms with E-state index in [-0.39, 0.29) is 5.91 Å². The van der Waals surface area contributed by atoms with Gasteiger partial charge in [-0.2, -0.15) is 5.10 Å². The number of nitrogens with zero attached hydrogens (tertiary/aromatic N) is 2. The van der Waals surface area contributed by atoms with Crippen LogP contribution in [0.2, 0.25) is 0 Å². The largest absolute Gasteiger partial charge is 0.370 e. The molecule has 64 valence electrons.